The summed E-state index contributed by atoms with van der Waals surface area (Å²) in [6, 6.07) is 0. The Morgan fingerprint density at radius 3 is 2.09 bits per heavy atom. The predicted octanol–water partition coefficient (Wildman–Crippen LogP) is 1.61. The smallest absolute Gasteiger partial charge is 0.153 e. The van der Waals surface area contributed by atoms with Gasteiger partial charge < -0.3 is 0 Å². The molecule has 1 aromatic heterocycles. The Hall–Kier alpha value is -0.990. The molecule has 1 aromatic rings. The van der Waals surface area contributed by atoms with Gasteiger partial charge in [0.1, 0.15) is 0 Å². The highest BCUT2D eigenvalue weighted by atomic mass is 15.2. The zero-order valence-electron chi connectivity index (χ0n) is 7.42. The fourth-order valence-electron chi connectivity index (χ4n) is 0.718. The molecule has 0 atom stereocenters. The molecule has 0 aliphatic heterocycles. The van der Waals surface area contributed by atoms with Crippen molar-refractivity contribution in [2.24, 2.45) is 0 Å². The van der Waals surface area contributed by atoms with Crippen LogP contribution in [0.2, 0.25) is 0 Å². The average molecular weight is 151 g/mol. The number of rotatable bonds is 1. The highest BCUT2D eigenvalue weighted by Gasteiger charge is 2.04. The van der Waals surface area contributed by atoms with Crippen molar-refractivity contribution in [3.63, 3.8) is 0 Å². The van der Waals surface area contributed by atoms with Gasteiger partial charge in [-0.2, -0.15) is 5.10 Å². The molecule has 0 amide bonds. The molecule has 3 heteroatoms. The third-order valence-electron chi connectivity index (χ3n) is 1.62. The van der Waals surface area contributed by atoms with Crippen LogP contribution in [0.15, 0.2) is 0 Å². The van der Waals surface area contributed by atoms with Crippen LogP contribution in [0.5, 0.6) is 0 Å². The third-order valence-corrected chi connectivity index (χ3v) is 1.62. The normalized spacial score (nSPS) is 10.6. The van der Waals surface area contributed by atoms with Crippen LogP contribution in [0.3, 0.4) is 0 Å². The lowest BCUT2D eigenvalue weighted by atomic mass is 10.2. The molecule has 3 nitrogen and oxygen atoms in total. The van der Waals surface area contributed by atoms with Crippen molar-refractivity contribution in [3.8, 4) is 0 Å². The Kier molecular flexibility index (Phi) is 2.17. The lowest BCUT2D eigenvalue weighted by Gasteiger charge is -2.03. The molecule has 0 radical (unpaired) electrons. The minimum atomic E-state index is 0.363. The van der Waals surface area contributed by atoms with Gasteiger partial charge in [0.25, 0.3) is 0 Å². The fourth-order valence-corrected chi connectivity index (χ4v) is 0.718. The largest absolute Gasteiger partial charge is 0.234 e. The van der Waals surface area contributed by atoms with E-state index in [9.17, 15) is 0 Å². The van der Waals surface area contributed by atoms with E-state index in [2.05, 4.69) is 29.0 Å². The van der Waals surface area contributed by atoms with E-state index in [4.69, 9.17) is 0 Å². The van der Waals surface area contributed by atoms with Gasteiger partial charge >= 0.3 is 0 Å². The molecule has 1 heterocycles. The first kappa shape index (κ1) is 8.11. The molecule has 0 saturated heterocycles. The van der Waals surface area contributed by atoms with E-state index in [0.29, 0.717) is 5.92 Å². The second-order valence-electron chi connectivity index (χ2n) is 3.00. The van der Waals surface area contributed by atoms with E-state index < -0.39 is 0 Å². The van der Waals surface area contributed by atoms with Crippen LogP contribution in [-0.4, -0.2) is 15.2 Å². The summed E-state index contributed by atoms with van der Waals surface area (Å²) >= 11 is 0. The molecule has 60 valence electrons. The number of aryl methyl sites for hydroxylation is 2. The van der Waals surface area contributed by atoms with E-state index >= 15 is 0 Å². The molecule has 0 N–H and O–H groups in total. The molecule has 0 aliphatic rings. The lowest BCUT2D eigenvalue weighted by Crippen LogP contribution is -2.03. The van der Waals surface area contributed by atoms with Crippen molar-refractivity contribution in [2.45, 2.75) is 33.6 Å². The maximum absolute atomic E-state index is 4.30. The van der Waals surface area contributed by atoms with Gasteiger partial charge in [0.05, 0.1) is 11.4 Å². The van der Waals surface area contributed by atoms with Crippen LogP contribution < -0.4 is 0 Å². The van der Waals surface area contributed by atoms with Crippen LogP contribution in [0.25, 0.3) is 0 Å². The zero-order chi connectivity index (χ0) is 8.43. The SMILES string of the molecule is Cc1nnc(C(C)C)nc1C. The van der Waals surface area contributed by atoms with Crippen molar-refractivity contribution in [1.29, 1.82) is 0 Å². The van der Waals surface area contributed by atoms with Crippen molar-refractivity contribution in [1.82, 2.24) is 15.2 Å². The van der Waals surface area contributed by atoms with Crippen LogP contribution in [-0.2, 0) is 0 Å². The van der Waals surface area contributed by atoms with Crippen molar-refractivity contribution >= 4 is 0 Å². The van der Waals surface area contributed by atoms with Gasteiger partial charge in [0.2, 0.25) is 0 Å². The third kappa shape index (κ3) is 1.73. The number of hydrogen-bond acceptors (Lipinski definition) is 3. The van der Waals surface area contributed by atoms with Crippen molar-refractivity contribution in [3.05, 3.63) is 17.2 Å². The Morgan fingerprint density at radius 1 is 1.00 bits per heavy atom. The molecule has 0 aromatic carbocycles. The predicted molar refractivity (Wildman–Crippen MR) is 43.4 cm³/mol. The second kappa shape index (κ2) is 2.95. The molecular formula is C8H13N3. The first-order valence-electron chi connectivity index (χ1n) is 3.79. The molecule has 0 aliphatic carbocycles. The summed E-state index contributed by atoms with van der Waals surface area (Å²) in [4.78, 5) is 4.30. The Balaban J connectivity index is 3.05. The average Bonchev–Trinajstić information content (AvgIpc) is 1.94. The maximum Gasteiger partial charge on any atom is 0.153 e. The lowest BCUT2D eigenvalue weighted by molar-refractivity contribution is 0.715. The number of aromatic nitrogens is 3. The summed E-state index contributed by atoms with van der Waals surface area (Å²) in [6.45, 7) is 7.99. The van der Waals surface area contributed by atoms with Gasteiger partial charge in [-0.05, 0) is 13.8 Å². The van der Waals surface area contributed by atoms with Gasteiger partial charge in [-0.3, -0.25) is 0 Å². The fraction of sp³-hybridized carbons (Fsp3) is 0.625. The second-order valence-corrected chi connectivity index (χ2v) is 3.00. The van der Waals surface area contributed by atoms with Gasteiger partial charge in [0.15, 0.2) is 5.82 Å². The molecule has 0 saturated carbocycles. The van der Waals surface area contributed by atoms with Crippen LogP contribution in [0.4, 0.5) is 0 Å². The van der Waals surface area contributed by atoms with E-state index in [1.165, 1.54) is 0 Å². The molecule has 0 fully saturated rings. The van der Waals surface area contributed by atoms with Gasteiger partial charge in [0, 0.05) is 5.92 Å². The summed E-state index contributed by atoms with van der Waals surface area (Å²) < 4.78 is 0. The van der Waals surface area contributed by atoms with Crippen LogP contribution in [0, 0.1) is 13.8 Å². The standard InChI is InChI=1S/C8H13N3/c1-5(2)8-9-6(3)7(4)10-11-8/h5H,1-4H3. The van der Waals surface area contributed by atoms with Gasteiger partial charge in [-0.1, -0.05) is 13.8 Å². The van der Waals surface area contributed by atoms with E-state index in [1.807, 2.05) is 13.8 Å². The number of nitrogens with zero attached hydrogens (tertiary/aromatic N) is 3. The first-order valence-corrected chi connectivity index (χ1v) is 3.79. The molecular weight excluding hydrogens is 138 g/mol. The topological polar surface area (TPSA) is 38.7 Å². The first-order chi connectivity index (χ1) is 5.11. The van der Waals surface area contributed by atoms with E-state index in [0.717, 1.165) is 17.2 Å². The summed E-state index contributed by atoms with van der Waals surface area (Å²) in [7, 11) is 0. The monoisotopic (exact) mass is 151 g/mol. The summed E-state index contributed by atoms with van der Waals surface area (Å²) in [5, 5.41) is 7.96. The molecule has 0 spiro atoms. The summed E-state index contributed by atoms with van der Waals surface area (Å²) in [6.07, 6.45) is 0. The molecule has 11 heavy (non-hydrogen) atoms. The molecule has 0 unspecified atom stereocenters. The Morgan fingerprint density at radius 2 is 1.64 bits per heavy atom. The maximum atomic E-state index is 4.30. The number of hydrogen-bond donors (Lipinski definition) is 0. The minimum absolute atomic E-state index is 0.363. The van der Waals surface area contributed by atoms with E-state index in [-0.39, 0.29) is 0 Å². The van der Waals surface area contributed by atoms with Crippen LogP contribution >= 0.6 is 0 Å². The highest BCUT2D eigenvalue weighted by molar-refractivity contribution is 5.06. The van der Waals surface area contributed by atoms with E-state index in [1.54, 1.807) is 0 Å². The zero-order valence-corrected chi connectivity index (χ0v) is 7.42. The Bertz CT molecular complexity index is 256. The van der Waals surface area contributed by atoms with Gasteiger partial charge in [-0.25, -0.2) is 4.98 Å². The minimum Gasteiger partial charge on any atom is -0.234 e. The van der Waals surface area contributed by atoms with Crippen molar-refractivity contribution in [2.75, 3.05) is 0 Å². The van der Waals surface area contributed by atoms with Gasteiger partial charge in [-0.15, -0.1) is 5.10 Å². The quantitative estimate of drug-likeness (QED) is 0.612. The molecule has 1 rings (SSSR count). The van der Waals surface area contributed by atoms with Crippen molar-refractivity contribution < 1.29 is 0 Å². The van der Waals surface area contributed by atoms with Crippen LogP contribution in [0.1, 0.15) is 37.0 Å². The highest BCUT2D eigenvalue weighted by Crippen LogP contribution is 2.08. The Labute approximate surface area is 66.9 Å². The summed E-state index contributed by atoms with van der Waals surface area (Å²) in [5.74, 6) is 1.19. The summed E-state index contributed by atoms with van der Waals surface area (Å²) in [5.41, 5.74) is 1.89. The molecule has 0 bridgehead atoms.